The zero-order valence-corrected chi connectivity index (χ0v) is 8.29. The molecule has 0 radical (unpaired) electrons. The molecule has 0 N–H and O–H groups in total. The highest BCUT2D eigenvalue weighted by atomic mass is 16.5. The van der Waals surface area contributed by atoms with Gasteiger partial charge in [0.2, 0.25) is 0 Å². The standard InChI is InChI=1S/C11H14O3/c1-11(5-3-7-14-11)10(12)8-9-4-2-6-13-9/h2,4,6H,3,5,7-8H2,1H3. The van der Waals surface area contributed by atoms with E-state index in [1.807, 2.05) is 13.0 Å². The van der Waals surface area contributed by atoms with E-state index in [-0.39, 0.29) is 5.78 Å². The van der Waals surface area contributed by atoms with Gasteiger partial charge in [0.05, 0.1) is 12.7 Å². The SMILES string of the molecule is CC1(C(=O)Cc2ccco2)CCCO1. The number of ether oxygens (including phenoxy) is 1. The molecule has 1 unspecified atom stereocenters. The minimum atomic E-state index is -0.577. The second-order valence-electron chi connectivity index (χ2n) is 3.86. The van der Waals surface area contributed by atoms with Gasteiger partial charge in [0, 0.05) is 6.61 Å². The van der Waals surface area contributed by atoms with Gasteiger partial charge in [-0.1, -0.05) is 0 Å². The zero-order chi connectivity index (χ0) is 10.0. The number of rotatable bonds is 3. The molecule has 1 aromatic rings. The summed E-state index contributed by atoms with van der Waals surface area (Å²) in [5, 5.41) is 0. The highest BCUT2D eigenvalue weighted by Gasteiger charge is 2.37. The Kier molecular flexibility index (Phi) is 2.42. The molecule has 1 atom stereocenters. The van der Waals surface area contributed by atoms with Gasteiger partial charge in [0.15, 0.2) is 5.78 Å². The van der Waals surface area contributed by atoms with Crippen LogP contribution in [0.2, 0.25) is 0 Å². The molecule has 0 bridgehead atoms. The van der Waals surface area contributed by atoms with E-state index in [9.17, 15) is 4.79 Å². The lowest BCUT2D eigenvalue weighted by atomic mass is 9.94. The van der Waals surface area contributed by atoms with Gasteiger partial charge in [0.1, 0.15) is 11.4 Å². The van der Waals surface area contributed by atoms with Crippen LogP contribution in [0.15, 0.2) is 22.8 Å². The third-order valence-corrected chi connectivity index (χ3v) is 2.72. The summed E-state index contributed by atoms with van der Waals surface area (Å²) >= 11 is 0. The first-order chi connectivity index (χ1) is 6.71. The predicted octanol–water partition coefficient (Wildman–Crippen LogP) is 1.96. The van der Waals surface area contributed by atoms with Crippen LogP contribution in [-0.4, -0.2) is 18.0 Å². The molecule has 3 heteroatoms. The average Bonchev–Trinajstić information content (AvgIpc) is 2.76. The smallest absolute Gasteiger partial charge is 0.171 e. The van der Waals surface area contributed by atoms with E-state index < -0.39 is 5.60 Å². The number of carbonyl (C=O) groups excluding carboxylic acids is 1. The van der Waals surface area contributed by atoms with Crippen LogP contribution in [0, 0.1) is 0 Å². The van der Waals surface area contributed by atoms with E-state index in [1.54, 1.807) is 12.3 Å². The lowest BCUT2D eigenvalue weighted by molar-refractivity contribution is -0.136. The Morgan fingerprint density at radius 3 is 3.07 bits per heavy atom. The Morgan fingerprint density at radius 2 is 2.50 bits per heavy atom. The van der Waals surface area contributed by atoms with Crippen molar-refractivity contribution >= 4 is 5.78 Å². The lowest BCUT2D eigenvalue weighted by Crippen LogP contribution is -2.35. The molecule has 0 amide bonds. The molecular weight excluding hydrogens is 180 g/mol. The fourth-order valence-corrected chi connectivity index (χ4v) is 1.76. The topological polar surface area (TPSA) is 39.4 Å². The van der Waals surface area contributed by atoms with Crippen LogP contribution >= 0.6 is 0 Å². The highest BCUT2D eigenvalue weighted by Crippen LogP contribution is 2.27. The Labute approximate surface area is 83.0 Å². The summed E-state index contributed by atoms with van der Waals surface area (Å²) in [5.74, 6) is 0.830. The molecule has 2 heterocycles. The first kappa shape index (κ1) is 9.46. The van der Waals surface area contributed by atoms with Gasteiger partial charge in [-0.25, -0.2) is 0 Å². The third-order valence-electron chi connectivity index (χ3n) is 2.72. The van der Waals surface area contributed by atoms with Crippen LogP contribution in [0.3, 0.4) is 0 Å². The fourth-order valence-electron chi connectivity index (χ4n) is 1.76. The number of ketones is 1. The second kappa shape index (κ2) is 3.58. The van der Waals surface area contributed by atoms with Crippen LogP contribution in [0.1, 0.15) is 25.5 Å². The van der Waals surface area contributed by atoms with Gasteiger partial charge in [-0.15, -0.1) is 0 Å². The minimum Gasteiger partial charge on any atom is -0.469 e. The number of Topliss-reactive ketones (excluding diaryl/α,β-unsaturated/α-hetero) is 1. The molecule has 1 fully saturated rings. The molecule has 14 heavy (non-hydrogen) atoms. The van der Waals surface area contributed by atoms with Crippen molar-refractivity contribution in [3.05, 3.63) is 24.2 Å². The second-order valence-corrected chi connectivity index (χ2v) is 3.86. The van der Waals surface area contributed by atoms with Crippen LogP contribution in [0.5, 0.6) is 0 Å². The van der Waals surface area contributed by atoms with Crippen LogP contribution in [-0.2, 0) is 16.0 Å². The third kappa shape index (κ3) is 1.73. The molecule has 1 saturated heterocycles. The molecule has 1 aliphatic rings. The van der Waals surface area contributed by atoms with Crippen molar-refractivity contribution < 1.29 is 13.9 Å². The number of furan rings is 1. The van der Waals surface area contributed by atoms with Crippen molar-refractivity contribution in [2.24, 2.45) is 0 Å². The van der Waals surface area contributed by atoms with Crippen molar-refractivity contribution in [1.82, 2.24) is 0 Å². The lowest BCUT2D eigenvalue weighted by Gasteiger charge is -2.20. The summed E-state index contributed by atoms with van der Waals surface area (Å²) in [7, 11) is 0. The maximum absolute atomic E-state index is 11.8. The maximum atomic E-state index is 11.8. The summed E-state index contributed by atoms with van der Waals surface area (Å²) in [5.41, 5.74) is -0.577. The Morgan fingerprint density at radius 1 is 1.64 bits per heavy atom. The molecule has 0 aliphatic carbocycles. The first-order valence-electron chi connectivity index (χ1n) is 4.90. The first-order valence-corrected chi connectivity index (χ1v) is 4.90. The minimum absolute atomic E-state index is 0.116. The average molecular weight is 194 g/mol. The van der Waals surface area contributed by atoms with E-state index in [0.717, 1.165) is 12.8 Å². The summed E-state index contributed by atoms with van der Waals surface area (Å²) in [6, 6.07) is 3.61. The van der Waals surface area contributed by atoms with Gasteiger partial charge in [-0.2, -0.15) is 0 Å². The van der Waals surface area contributed by atoms with Crippen molar-refractivity contribution in [3.8, 4) is 0 Å². The monoisotopic (exact) mass is 194 g/mol. The van der Waals surface area contributed by atoms with Crippen molar-refractivity contribution in [2.45, 2.75) is 31.8 Å². The van der Waals surface area contributed by atoms with Gasteiger partial charge in [-0.05, 0) is 31.9 Å². The van der Waals surface area contributed by atoms with E-state index in [4.69, 9.17) is 9.15 Å². The van der Waals surface area contributed by atoms with Crippen molar-refractivity contribution in [3.63, 3.8) is 0 Å². The summed E-state index contributed by atoms with van der Waals surface area (Å²) < 4.78 is 10.6. The molecule has 76 valence electrons. The molecule has 3 nitrogen and oxygen atoms in total. The summed E-state index contributed by atoms with van der Waals surface area (Å²) in [4.78, 5) is 11.8. The van der Waals surface area contributed by atoms with Crippen molar-refractivity contribution in [2.75, 3.05) is 6.61 Å². The predicted molar refractivity (Wildman–Crippen MR) is 51.0 cm³/mol. The Hall–Kier alpha value is -1.09. The molecule has 1 aliphatic heterocycles. The summed E-state index contributed by atoms with van der Waals surface area (Å²) in [6.07, 6.45) is 3.72. The van der Waals surface area contributed by atoms with Gasteiger partial charge >= 0.3 is 0 Å². The zero-order valence-electron chi connectivity index (χ0n) is 8.29. The molecule has 0 saturated carbocycles. The molecule has 2 rings (SSSR count). The molecule has 0 aromatic carbocycles. The quantitative estimate of drug-likeness (QED) is 0.738. The highest BCUT2D eigenvalue weighted by molar-refractivity contribution is 5.88. The largest absolute Gasteiger partial charge is 0.469 e. The van der Waals surface area contributed by atoms with Crippen molar-refractivity contribution in [1.29, 1.82) is 0 Å². The number of carbonyl (C=O) groups is 1. The van der Waals surface area contributed by atoms with E-state index in [2.05, 4.69) is 0 Å². The van der Waals surface area contributed by atoms with E-state index in [1.165, 1.54) is 0 Å². The fraction of sp³-hybridized carbons (Fsp3) is 0.545. The van der Waals surface area contributed by atoms with Crippen LogP contribution in [0.25, 0.3) is 0 Å². The van der Waals surface area contributed by atoms with Gasteiger partial charge in [0.25, 0.3) is 0 Å². The molecular formula is C11H14O3. The number of hydrogen-bond acceptors (Lipinski definition) is 3. The molecule has 1 aromatic heterocycles. The Balaban J connectivity index is 2.02. The van der Waals surface area contributed by atoms with Gasteiger partial charge in [-0.3, -0.25) is 4.79 Å². The summed E-state index contributed by atoms with van der Waals surface area (Å²) in [6.45, 7) is 2.56. The maximum Gasteiger partial charge on any atom is 0.171 e. The van der Waals surface area contributed by atoms with Crippen LogP contribution in [0.4, 0.5) is 0 Å². The van der Waals surface area contributed by atoms with E-state index in [0.29, 0.717) is 18.8 Å². The number of hydrogen-bond donors (Lipinski definition) is 0. The normalized spacial score (nSPS) is 26.6. The molecule has 0 spiro atoms. The van der Waals surface area contributed by atoms with E-state index >= 15 is 0 Å². The van der Waals surface area contributed by atoms with Gasteiger partial charge < -0.3 is 9.15 Å². The Bertz CT molecular complexity index is 307. The van der Waals surface area contributed by atoms with Crippen LogP contribution < -0.4 is 0 Å².